The number of carbonyl (C=O) groups is 2. The summed E-state index contributed by atoms with van der Waals surface area (Å²) in [6, 6.07) is 28.0. The van der Waals surface area contributed by atoms with Crippen molar-refractivity contribution in [3.8, 4) is 11.3 Å². The number of benzene rings is 3. The van der Waals surface area contributed by atoms with Gasteiger partial charge in [0.15, 0.2) is 5.11 Å². The van der Waals surface area contributed by atoms with Crippen LogP contribution in [-0.2, 0) is 10.2 Å². The van der Waals surface area contributed by atoms with Gasteiger partial charge in [-0.15, -0.1) is 0 Å². The zero-order valence-electron chi connectivity index (χ0n) is 21.4. The zero-order valence-corrected chi connectivity index (χ0v) is 22.3. The molecule has 2 amide bonds. The smallest absolute Gasteiger partial charge is 0.255 e. The molecule has 0 aliphatic heterocycles. The summed E-state index contributed by atoms with van der Waals surface area (Å²) < 4.78 is 5.77. The minimum Gasteiger partial charge on any atom is -0.457 e. The highest BCUT2D eigenvalue weighted by atomic mass is 32.1. The Hall–Kier alpha value is -4.49. The average molecular weight is 524 g/mol. The van der Waals surface area contributed by atoms with Crippen LogP contribution in [-0.4, -0.2) is 16.9 Å². The van der Waals surface area contributed by atoms with Crippen LogP contribution in [0.4, 0.5) is 11.4 Å². The van der Waals surface area contributed by atoms with Crippen molar-refractivity contribution >= 4 is 46.6 Å². The van der Waals surface area contributed by atoms with Gasteiger partial charge < -0.3 is 15.1 Å². The second-order valence-corrected chi connectivity index (χ2v) is 10.1. The summed E-state index contributed by atoms with van der Waals surface area (Å²) in [6.07, 6.45) is 2.93. The van der Waals surface area contributed by atoms with Gasteiger partial charge in [-0.2, -0.15) is 0 Å². The number of thiocarbonyl (C=S) groups is 1. The highest BCUT2D eigenvalue weighted by Crippen LogP contribution is 2.24. The molecule has 6 nitrogen and oxygen atoms in total. The second-order valence-electron chi connectivity index (χ2n) is 9.71. The molecule has 0 aliphatic rings. The number of nitrogens with one attached hydrogen (secondary N) is 3. The molecule has 3 N–H and O–H groups in total. The third kappa shape index (κ3) is 7.27. The predicted molar refractivity (Wildman–Crippen MR) is 157 cm³/mol. The third-order valence-corrected chi connectivity index (χ3v) is 5.92. The van der Waals surface area contributed by atoms with Crippen LogP contribution in [0.2, 0.25) is 0 Å². The Morgan fingerprint density at radius 2 is 1.50 bits per heavy atom. The molecule has 7 heteroatoms. The van der Waals surface area contributed by atoms with Gasteiger partial charge in [-0.25, -0.2) is 0 Å². The molecule has 4 rings (SSSR count). The van der Waals surface area contributed by atoms with E-state index in [9.17, 15) is 9.59 Å². The van der Waals surface area contributed by atoms with Crippen molar-refractivity contribution in [1.82, 2.24) is 5.32 Å². The predicted octanol–water partition coefficient (Wildman–Crippen LogP) is 7.02. The van der Waals surface area contributed by atoms with Gasteiger partial charge in [0.05, 0.1) is 0 Å². The largest absolute Gasteiger partial charge is 0.457 e. The van der Waals surface area contributed by atoms with Crippen LogP contribution in [0.1, 0.15) is 42.5 Å². The van der Waals surface area contributed by atoms with Gasteiger partial charge in [0.25, 0.3) is 5.91 Å². The summed E-state index contributed by atoms with van der Waals surface area (Å²) in [5, 5.41) is 8.59. The lowest BCUT2D eigenvalue weighted by molar-refractivity contribution is -0.115. The summed E-state index contributed by atoms with van der Waals surface area (Å²) in [5.74, 6) is 0.659. The Morgan fingerprint density at radius 3 is 2.18 bits per heavy atom. The SMILES string of the molecule is CC(C)(C)c1ccc(C(=O)Nc2cccc(NC(=S)NC(=O)/C=C/c3ccc(-c4ccccc4)o3)c2)cc1. The Kier molecular flexibility index (Phi) is 8.19. The van der Waals surface area contributed by atoms with Gasteiger partial charge in [-0.3, -0.25) is 14.9 Å². The maximum atomic E-state index is 12.7. The molecule has 192 valence electrons. The van der Waals surface area contributed by atoms with Crippen molar-refractivity contribution in [3.05, 3.63) is 114 Å². The molecular weight excluding hydrogens is 494 g/mol. The molecule has 3 aromatic carbocycles. The van der Waals surface area contributed by atoms with Gasteiger partial charge in [-0.05, 0) is 71.7 Å². The molecule has 0 unspecified atom stereocenters. The van der Waals surface area contributed by atoms with Crippen LogP contribution in [0, 0.1) is 0 Å². The minimum atomic E-state index is -0.400. The zero-order chi connectivity index (χ0) is 27.1. The standard InChI is InChI=1S/C31H29N3O3S/c1-31(2,3)23-14-12-22(13-15-23)29(36)32-24-10-7-11-25(20-24)33-30(38)34-28(35)19-17-26-16-18-27(37-26)21-8-5-4-6-9-21/h4-20H,1-3H3,(H,32,36)(H2,33,34,35,38)/b19-17+. The van der Waals surface area contributed by atoms with Gasteiger partial charge >= 0.3 is 0 Å². The lowest BCUT2D eigenvalue weighted by Crippen LogP contribution is -2.32. The van der Waals surface area contributed by atoms with E-state index in [4.69, 9.17) is 16.6 Å². The molecular formula is C31H29N3O3S. The summed E-state index contributed by atoms with van der Waals surface area (Å²) >= 11 is 5.27. The lowest BCUT2D eigenvalue weighted by atomic mass is 9.87. The molecule has 0 radical (unpaired) electrons. The van der Waals surface area contributed by atoms with Crippen molar-refractivity contribution in [3.63, 3.8) is 0 Å². The van der Waals surface area contributed by atoms with Crippen LogP contribution < -0.4 is 16.0 Å². The molecule has 4 aromatic rings. The quantitative estimate of drug-likeness (QED) is 0.187. The van der Waals surface area contributed by atoms with Crippen molar-refractivity contribution in [2.75, 3.05) is 10.6 Å². The van der Waals surface area contributed by atoms with E-state index < -0.39 is 5.91 Å². The molecule has 1 aromatic heterocycles. The van der Waals surface area contributed by atoms with Gasteiger partial charge in [-0.1, -0.05) is 69.3 Å². The average Bonchev–Trinajstić information content (AvgIpc) is 3.37. The Bertz CT molecular complexity index is 1470. The molecule has 0 aliphatic carbocycles. The topological polar surface area (TPSA) is 83.4 Å². The Balaban J connectivity index is 1.30. The van der Waals surface area contributed by atoms with Crippen LogP contribution in [0.25, 0.3) is 17.4 Å². The fourth-order valence-corrected chi connectivity index (χ4v) is 3.89. The molecule has 0 atom stereocenters. The molecule has 0 spiro atoms. The van der Waals surface area contributed by atoms with Gasteiger partial charge in [0, 0.05) is 28.6 Å². The van der Waals surface area contributed by atoms with Crippen molar-refractivity contribution in [2.45, 2.75) is 26.2 Å². The van der Waals surface area contributed by atoms with Crippen LogP contribution in [0.15, 0.2) is 101 Å². The summed E-state index contributed by atoms with van der Waals surface area (Å²) in [5.41, 5.74) is 3.92. The van der Waals surface area contributed by atoms with Gasteiger partial charge in [0.2, 0.25) is 5.91 Å². The monoisotopic (exact) mass is 523 g/mol. The maximum Gasteiger partial charge on any atom is 0.255 e. The highest BCUT2D eigenvalue weighted by molar-refractivity contribution is 7.80. The first-order chi connectivity index (χ1) is 18.2. The number of anilines is 2. The first kappa shape index (κ1) is 26.6. The summed E-state index contributed by atoms with van der Waals surface area (Å²) in [6.45, 7) is 6.39. The fraction of sp³-hybridized carbons (Fsp3) is 0.129. The number of carbonyl (C=O) groups excluding carboxylic acids is 2. The third-order valence-electron chi connectivity index (χ3n) is 5.71. The fourth-order valence-electron chi connectivity index (χ4n) is 3.67. The van der Waals surface area contributed by atoms with Crippen molar-refractivity contribution < 1.29 is 14.0 Å². The van der Waals surface area contributed by atoms with E-state index in [1.165, 1.54) is 6.08 Å². The maximum absolute atomic E-state index is 12.7. The highest BCUT2D eigenvalue weighted by Gasteiger charge is 2.14. The number of hydrogen-bond donors (Lipinski definition) is 3. The first-order valence-corrected chi connectivity index (χ1v) is 12.6. The van der Waals surface area contributed by atoms with E-state index in [0.29, 0.717) is 22.7 Å². The van der Waals surface area contributed by atoms with Gasteiger partial charge in [0.1, 0.15) is 11.5 Å². The number of rotatable bonds is 6. The van der Waals surface area contributed by atoms with E-state index in [0.717, 1.165) is 16.9 Å². The number of hydrogen-bond acceptors (Lipinski definition) is 4. The molecule has 0 saturated carbocycles. The summed E-state index contributed by atoms with van der Waals surface area (Å²) in [7, 11) is 0. The van der Waals surface area contributed by atoms with Crippen molar-refractivity contribution in [2.24, 2.45) is 0 Å². The van der Waals surface area contributed by atoms with E-state index >= 15 is 0 Å². The second kappa shape index (κ2) is 11.7. The van der Waals surface area contributed by atoms with Crippen molar-refractivity contribution in [1.29, 1.82) is 0 Å². The van der Waals surface area contributed by atoms with Crippen LogP contribution >= 0.6 is 12.2 Å². The van der Waals surface area contributed by atoms with Crippen LogP contribution in [0.5, 0.6) is 0 Å². The molecule has 0 fully saturated rings. The summed E-state index contributed by atoms with van der Waals surface area (Å²) in [4.78, 5) is 25.0. The molecule has 1 heterocycles. The molecule has 0 saturated heterocycles. The normalized spacial score (nSPS) is 11.2. The van der Waals surface area contributed by atoms with E-state index in [1.54, 1.807) is 36.4 Å². The first-order valence-electron chi connectivity index (χ1n) is 12.1. The van der Waals surface area contributed by atoms with Crippen LogP contribution in [0.3, 0.4) is 0 Å². The Morgan fingerprint density at radius 1 is 0.816 bits per heavy atom. The van der Waals surface area contributed by atoms with E-state index in [2.05, 4.69) is 36.7 Å². The number of furan rings is 1. The molecule has 38 heavy (non-hydrogen) atoms. The van der Waals surface area contributed by atoms with E-state index in [-0.39, 0.29) is 16.4 Å². The van der Waals surface area contributed by atoms with E-state index in [1.807, 2.05) is 60.7 Å². The minimum absolute atomic E-state index is 0.0172. The number of amides is 2. The Labute approximate surface area is 227 Å². The lowest BCUT2D eigenvalue weighted by Gasteiger charge is -2.19. The molecule has 0 bridgehead atoms.